The lowest BCUT2D eigenvalue weighted by Gasteiger charge is -2.36. The maximum absolute atomic E-state index is 13.3. The molecule has 0 saturated heterocycles. The number of carbonyl (C=O) groups excluding carboxylic acids is 2. The van der Waals surface area contributed by atoms with Crippen molar-refractivity contribution in [3.05, 3.63) is 0 Å². The third-order valence-corrected chi connectivity index (χ3v) is 2.41. The van der Waals surface area contributed by atoms with E-state index < -0.39 is 48.0 Å². The Morgan fingerprint density at radius 1 is 0.905 bits per heavy atom. The van der Waals surface area contributed by atoms with Crippen LogP contribution in [0, 0.1) is 5.92 Å². The van der Waals surface area contributed by atoms with Gasteiger partial charge in [-0.3, -0.25) is 10.1 Å². The van der Waals surface area contributed by atoms with Gasteiger partial charge in [-0.1, -0.05) is 0 Å². The predicted molar refractivity (Wildman–Crippen MR) is 46.4 cm³/mol. The molecule has 0 aromatic heterocycles. The minimum atomic E-state index is -7.11. The SMILES string of the molecule is O=C1N=CC(C(F)(F)C(F)(F)C(F)(F)C(F)(F)F)C(=O)N1. The molecule has 13 heteroatoms. The molecule has 1 N–H and O–H groups in total. The smallest absolute Gasteiger partial charge is 0.275 e. The van der Waals surface area contributed by atoms with Crippen LogP contribution in [-0.4, -0.2) is 42.1 Å². The second-order valence-electron chi connectivity index (χ2n) is 3.82. The highest BCUT2D eigenvalue weighted by atomic mass is 19.4. The number of nitrogens with one attached hydrogen (secondary N) is 1. The zero-order chi connectivity index (χ0) is 16.9. The average molecular weight is 330 g/mol. The zero-order valence-corrected chi connectivity index (χ0v) is 9.32. The Hall–Kier alpha value is -1.82. The Labute approximate surface area is 109 Å². The van der Waals surface area contributed by atoms with Gasteiger partial charge in [0.1, 0.15) is 5.92 Å². The fourth-order valence-corrected chi connectivity index (χ4v) is 1.27. The van der Waals surface area contributed by atoms with E-state index in [1.807, 2.05) is 0 Å². The van der Waals surface area contributed by atoms with E-state index in [4.69, 9.17) is 0 Å². The van der Waals surface area contributed by atoms with E-state index >= 15 is 0 Å². The van der Waals surface area contributed by atoms with Gasteiger partial charge < -0.3 is 0 Å². The van der Waals surface area contributed by atoms with Gasteiger partial charge >= 0.3 is 30.0 Å². The van der Waals surface area contributed by atoms with Crippen LogP contribution in [0.25, 0.3) is 0 Å². The molecular weight excluding hydrogens is 327 g/mol. The van der Waals surface area contributed by atoms with Gasteiger partial charge in [0.15, 0.2) is 0 Å². The molecule has 0 saturated carbocycles. The van der Waals surface area contributed by atoms with E-state index in [0.717, 1.165) is 5.32 Å². The molecule has 1 rings (SSSR count). The van der Waals surface area contributed by atoms with Crippen molar-refractivity contribution in [2.45, 2.75) is 23.9 Å². The number of alkyl halides is 9. The second kappa shape index (κ2) is 4.59. The number of hydrogen-bond donors (Lipinski definition) is 1. The summed E-state index contributed by atoms with van der Waals surface area (Å²) in [6.07, 6.45) is -7.40. The molecule has 0 aromatic rings. The number of aliphatic imine (C=N–C) groups is 1. The highest BCUT2D eigenvalue weighted by Gasteiger charge is 2.83. The monoisotopic (exact) mass is 330 g/mol. The first-order valence-corrected chi connectivity index (χ1v) is 4.75. The van der Waals surface area contributed by atoms with Gasteiger partial charge in [0.2, 0.25) is 5.91 Å². The zero-order valence-electron chi connectivity index (χ0n) is 9.32. The molecule has 0 aliphatic carbocycles. The summed E-state index contributed by atoms with van der Waals surface area (Å²) < 4.78 is 113. The number of hydrogen-bond acceptors (Lipinski definition) is 2. The molecule has 4 nitrogen and oxygen atoms in total. The summed E-state index contributed by atoms with van der Waals surface area (Å²) in [6, 6.07) is -1.56. The van der Waals surface area contributed by atoms with E-state index in [2.05, 4.69) is 4.99 Å². The molecule has 1 unspecified atom stereocenters. The molecule has 0 fully saturated rings. The largest absolute Gasteiger partial charge is 0.460 e. The summed E-state index contributed by atoms with van der Waals surface area (Å²) in [5.74, 6) is -25.9. The molecule has 0 bridgehead atoms. The summed E-state index contributed by atoms with van der Waals surface area (Å²) in [7, 11) is 0. The summed E-state index contributed by atoms with van der Waals surface area (Å²) in [6.45, 7) is 0. The first-order valence-electron chi connectivity index (χ1n) is 4.75. The average Bonchev–Trinajstić information content (AvgIpc) is 2.26. The van der Waals surface area contributed by atoms with E-state index in [1.165, 1.54) is 0 Å². The lowest BCUT2D eigenvalue weighted by molar-refractivity contribution is -0.398. The quantitative estimate of drug-likeness (QED) is 0.808. The van der Waals surface area contributed by atoms with Crippen molar-refractivity contribution in [2.24, 2.45) is 10.9 Å². The number of amides is 3. The molecule has 21 heavy (non-hydrogen) atoms. The van der Waals surface area contributed by atoms with E-state index in [9.17, 15) is 49.1 Å². The number of halogens is 9. The van der Waals surface area contributed by atoms with Gasteiger partial charge in [-0.15, -0.1) is 0 Å². The number of imide groups is 1. The maximum atomic E-state index is 13.3. The van der Waals surface area contributed by atoms with Crippen molar-refractivity contribution in [3.63, 3.8) is 0 Å². The Morgan fingerprint density at radius 2 is 1.38 bits per heavy atom. The van der Waals surface area contributed by atoms with Gasteiger partial charge in [0, 0.05) is 6.21 Å². The number of urea groups is 1. The van der Waals surface area contributed by atoms with Gasteiger partial charge in [-0.2, -0.15) is 39.5 Å². The van der Waals surface area contributed by atoms with Crippen LogP contribution in [0.4, 0.5) is 44.3 Å². The van der Waals surface area contributed by atoms with Crippen molar-refractivity contribution < 1.29 is 49.1 Å². The molecule has 1 aliphatic heterocycles. The Bertz CT molecular complexity index is 496. The van der Waals surface area contributed by atoms with Crippen LogP contribution in [0.5, 0.6) is 0 Å². The fraction of sp³-hybridized carbons (Fsp3) is 0.625. The van der Waals surface area contributed by atoms with E-state index in [-0.39, 0.29) is 0 Å². The Balaban J connectivity index is 3.31. The van der Waals surface area contributed by atoms with Crippen molar-refractivity contribution in [3.8, 4) is 0 Å². The number of nitrogens with zero attached hydrogens (tertiary/aromatic N) is 1. The first kappa shape index (κ1) is 17.2. The third-order valence-electron chi connectivity index (χ3n) is 2.41. The normalized spacial score (nSPS) is 21.5. The van der Waals surface area contributed by atoms with Crippen LogP contribution < -0.4 is 5.32 Å². The molecule has 1 aliphatic rings. The third kappa shape index (κ3) is 2.44. The topological polar surface area (TPSA) is 58.5 Å². The molecule has 1 atom stereocenters. The van der Waals surface area contributed by atoms with E-state index in [1.54, 1.807) is 0 Å². The molecule has 1 heterocycles. The van der Waals surface area contributed by atoms with Crippen LogP contribution in [0.2, 0.25) is 0 Å². The summed E-state index contributed by atoms with van der Waals surface area (Å²) >= 11 is 0. The summed E-state index contributed by atoms with van der Waals surface area (Å²) in [5.41, 5.74) is 0. The summed E-state index contributed by atoms with van der Waals surface area (Å²) in [4.78, 5) is 23.8. The van der Waals surface area contributed by atoms with Gasteiger partial charge in [0.05, 0.1) is 0 Å². The molecule has 120 valence electrons. The number of rotatable bonds is 3. The first-order chi connectivity index (χ1) is 9.16. The van der Waals surface area contributed by atoms with Crippen molar-refractivity contribution >= 4 is 18.2 Å². The van der Waals surface area contributed by atoms with Crippen LogP contribution in [0.15, 0.2) is 4.99 Å². The van der Waals surface area contributed by atoms with Crippen molar-refractivity contribution in [1.29, 1.82) is 0 Å². The van der Waals surface area contributed by atoms with Crippen LogP contribution in [0.3, 0.4) is 0 Å². The highest BCUT2D eigenvalue weighted by Crippen LogP contribution is 2.55. The maximum Gasteiger partial charge on any atom is 0.460 e. The lowest BCUT2D eigenvalue weighted by Crippen LogP contribution is -2.65. The minimum Gasteiger partial charge on any atom is -0.275 e. The fourth-order valence-electron chi connectivity index (χ4n) is 1.27. The predicted octanol–water partition coefficient (Wildman–Crippen LogP) is 2.39. The van der Waals surface area contributed by atoms with Crippen molar-refractivity contribution in [2.75, 3.05) is 0 Å². The Morgan fingerprint density at radius 3 is 1.76 bits per heavy atom. The van der Waals surface area contributed by atoms with Crippen LogP contribution >= 0.6 is 0 Å². The van der Waals surface area contributed by atoms with E-state index in [0.29, 0.717) is 0 Å². The standard InChI is InChI=1S/C8H3F9N2O2/c9-5(10,2-1-18-4(21)19-3(2)20)6(11,12)7(13,14)8(15,16)17/h1-2H,(H,19,20,21). The summed E-state index contributed by atoms with van der Waals surface area (Å²) in [5, 5.41) is 0.982. The molecule has 3 amide bonds. The minimum absolute atomic E-state index is 0.415. The highest BCUT2D eigenvalue weighted by molar-refractivity contribution is 6.10. The number of carbonyl (C=O) groups is 2. The molecular formula is C8H3F9N2O2. The second-order valence-corrected chi connectivity index (χ2v) is 3.82. The van der Waals surface area contributed by atoms with Crippen molar-refractivity contribution in [1.82, 2.24) is 5.32 Å². The van der Waals surface area contributed by atoms with Crippen LogP contribution in [0.1, 0.15) is 0 Å². The molecule has 0 spiro atoms. The molecule has 0 aromatic carbocycles. The van der Waals surface area contributed by atoms with Crippen LogP contribution in [-0.2, 0) is 4.79 Å². The van der Waals surface area contributed by atoms with Gasteiger partial charge in [-0.25, -0.2) is 9.79 Å². The Kier molecular flexibility index (Phi) is 3.77. The van der Waals surface area contributed by atoms with Gasteiger partial charge in [-0.05, 0) is 0 Å². The van der Waals surface area contributed by atoms with Gasteiger partial charge in [0.25, 0.3) is 0 Å². The molecule has 0 radical (unpaired) electrons. The lowest BCUT2D eigenvalue weighted by atomic mass is 9.91.